The summed E-state index contributed by atoms with van der Waals surface area (Å²) in [6.45, 7) is 1.48. The largest absolute Gasteiger partial charge is 0.488 e. The molecule has 1 N–H and O–H groups in total. The van der Waals surface area contributed by atoms with E-state index < -0.39 is 0 Å². The molecule has 86 valence electrons. The molecule has 0 spiro atoms. The number of aromatic nitrogens is 1. The molecule has 3 rings (SSSR count). The van der Waals surface area contributed by atoms with Crippen molar-refractivity contribution in [1.29, 1.82) is 0 Å². The Hall–Kier alpha value is -1.74. The molecule has 1 aliphatic rings. The van der Waals surface area contributed by atoms with E-state index in [4.69, 9.17) is 16.3 Å². The Morgan fingerprint density at radius 3 is 3.06 bits per heavy atom. The van der Waals surface area contributed by atoms with Gasteiger partial charge in [0.2, 0.25) is 0 Å². The van der Waals surface area contributed by atoms with Crippen LogP contribution in [0.5, 0.6) is 5.75 Å². The molecule has 3 nitrogen and oxygen atoms in total. The highest BCUT2D eigenvalue weighted by Crippen LogP contribution is 2.31. The van der Waals surface area contributed by atoms with Crippen molar-refractivity contribution in [1.82, 2.24) is 4.98 Å². The molecule has 2 aromatic rings. The maximum atomic E-state index is 5.97. The average Bonchev–Trinajstić information content (AvgIpc) is 2.38. The topological polar surface area (TPSA) is 34.1 Å². The van der Waals surface area contributed by atoms with E-state index in [0.29, 0.717) is 6.61 Å². The predicted molar refractivity (Wildman–Crippen MR) is 68.7 cm³/mol. The summed E-state index contributed by atoms with van der Waals surface area (Å²) >= 11 is 5.97. The lowest BCUT2D eigenvalue weighted by molar-refractivity contribution is 0.321. The summed E-state index contributed by atoms with van der Waals surface area (Å²) in [7, 11) is 0. The van der Waals surface area contributed by atoms with Crippen LogP contribution in [0.3, 0.4) is 0 Å². The number of hydrogen-bond acceptors (Lipinski definition) is 3. The van der Waals surface area contributed by atoms with Gasteiger partial charge < -0.3 is 10.1 Å². The molecule has 0 aliphatic carbocycles. The van der Waals surface area contributed by atoms with Crippen LogP contribution in [0.4, 0.5) is 5.82 Å². The van der Waals surface area contributed by atoms with Gasteiger partial charge in [0.15, 0.2) is 11.6 Å². The summed E-state index contributed by atoms with van der Waals surface area (Å²) in [4.78, 5) is 4.35. The Bertz CT molecular complexity index is 557. The fourth-order valence-electron chi connectivity index (χ4n) is 1.84. The highest BCUT2D eigenvalue weighted by molar-refractivity contribution is 6.30. The maximum Gasteiger partial charge on any atom is 0.168 e. The number of anilines is 1. The predicted octanol–water partition coefficient (Wildman–Crippen LogP) is 3.21. The Morgan fingerprint density at radius 1 is 1.24 bits per heavy atom. The molecule has 1 aliphatic heterocycles. The van der Waals surface area contributed by atoms with E-state index >= 15 is 0 Å². The highest BCUT2D eigenvalue weighted by atomic mass is 35.5. The average molecular weight is 247 g/mol. The number of nitrogens with zero attached hydrogens (tertiary/aromatic N) is 1. The summed E-state index contributed by atoms with van der Waals surface area (Å²) in [5.41, 5.74) is 2.05. The second-order valence-corrected chi connectivity index (χ2v) is 4.29. The van der Waals surface area contributed by atoms with E-state index in [1.54, 1.807) is 0 Å². The molecule has 0 fully saturated rings. The van der Waals surface area contributed by atoms with Gasteiger partial charge in [0.05, 0.1) is 6.54 Å². The van der Waals surface area contributed by atoms with Gasteiger partial charge in [-0.25, -0.2) is 4.98 Å². The van der Waals surface area contributed by atoms with Crippen molar-refractivity contribution in [2.75, 3.05) is 18.5 Å². The molecular formula is C13H11ClN2O. The smallest absolute Gasteiger partial charge is 0.168 e. The quantitative estimate of drug-likeness (QED) is 0.839. The van der Waals surface area contributed by atoms with E-state index in [2.05, 4.69) is 10.3 Å². The van der Waals surface area contributed by atoms with Crippen molar-refractivity contribution in [3.8, 4) is 16.9 Å². The van der Waals surface area contributed by atoms with Crippen LogP contribution < -0.4 is 10.1 Å². The summed E-state index contributed by atoms with van der Waals surface area (Å²) in [6, 6.07) is 9.69. The fourth-order valence-corrected chi connectivity index (χ4v) is 2.03. The van der Waals surface area contributed by atoms with E-state index in [1.165, 1.54) is 0 Å². The Balaban J connectivity index is 2.04. The third kappa shape index (κ3) is 2.06. The molecule has 0 amide bonds. The number of halogens is 1. The van der Waals surface area contributed by atoms with Gasteiger partial charge in [-0.3, -0.25) is 0 Å². The lowest BCUT2D eigenvalue weighted by atomic mass is 10.1. The lowest BCUT2D eigenvalue weighted by Gasteiger charge is -2.18. The molecule has 0 unspecified atom stereocenters. The van der Waals surface area contributed by atoms with Crippen molar-refractivity contribution in [3.05, 3.63) is 41.6 Å². The van der Waals surface area contributed by atoms with E-state index in [9.17, 15) is 0 Å². The zero-order valence-electron chi connectivity index (χ0n) is 9.11. The van der Waals surface area contributed by atoms with Crippen molar-refractivity contribution < 1.29 is 4.74 Å². The minimum absolute atomic E-state index is 0.674. The first-order valence-corrected chi connectivity index (χ1v) is 5.83. The second-order valence-electron chi connectivity index (χ2n) is 3.86. The van der Waals surface area contributed by atoms with Crippen molar-refractivity contribution in [3.63, 3.8) is 0 Å². The van der Waals surface area contributed by atoms with Crippen molar-refractivity contribution in [2.24, 2.45) is 0 Å². The van der Waals surface area contributed by atoms with Crippen LogP contribution >= 0.6 is 11.6 Å². The molecule has 1 aromatic carbocycles. The highest BCUT2D eigenvalue weighted by Gasteiger charge is 2.12. The summed E-state index contributed by atoms with van der Waals surface area (Å²) in [5, 5.41) is 3.91. The van der Waals surface area contributed by atoms with Crippen LogP contribution in [0.2, 0.25) is 5.02 Å². The monoisotopic (exact) mass is 246 g/mol. The van der Waals surface area contributed by atoms with Crippen LogP contribution in [0.1, 0.15) is 0 Å². The number of hydrogen-bond donors (Lipinski definition) is 1. The van der Waals surface area contributed by atoms with Gasteiger partial charge in [-0.05, 0) is 23.8 Å². The van der Waals surface area contributed by atoms with Crippen molar-refractivity contribution in [2.45, 2.75) is 0 Å². The van der Waals surface area contributed by atoms with Gasteiger partial charge >= 0.3 is 0 Å². The van der Waals surface area contributed by atoms with E-state index in [-0.39, 0.29) is 0 Å². The third-order valence-electron chi connectivity index (χ3n) is 2.66. The Labute approximate surface area is 104 Å². The SMILES string of the molecule is Clc1cccc(-c2cnc3c(c2)OCCN3)c1. The van der Waals surface area contributed by atoms with Crippen LogP contribution in [-0.4, -0.2) is 18.1 Å². The van der Waals surface area contributed by atoms with Crippen LogP contribution in [0.15, 0.2) is 36.5 Å². The molecule has 1 aromatic heterocycles. The number of nitrogens with one attached hydrogen (secondary N) is 1. The first-order valence-electron chi connectivity index (χ1n) is 5.45. The molecule has 17 heavy (non-hydrogen) atoms. The van der Waals surface area contributed by atoms with Crippen LogP contribution in [-0.2, 0) is 0 Å². The van der Waals surface area contributed by atoms with Gasteiger partial charge in [-0.2, -0.15) is 0 Å². The van der Waals surface area contributed by atoms with Gasteiger partial charge in [0.25, 0.3) is 0 Å². The number of benzene rings is 1. The standard InChI is InChI=1S/C13H11ClN2O/c14-11-3-1-2-9(6-11)10-7-12-13(16-8-10)15-4-5-17-12/h1-3,6-8H,4-5H2,(H,15,16). The number of ether oxygens (including phenoxy) is 1. The lowest BCUT2D eigenvalue weighted by Crippen LogP contribution is -2.18. The first kappa shape index (κ1) is 10.4. The molecule has 0 atom stereocenters. The summed E-state index contributed by atoms with van der Waals surface area (Å²) < 4.78 is 5.56. The fraction of sp³-hybridized carbons (Fsp3) is 0.154. The number of pyridine rings is 1. The maximum absolute atomic E-state index is 5.97. The molecule has 0 bridgehead atoms. The molecule has 0 saturated carbocycles. The van der Waals surface area contributed by atoms with Crippen molar-refractivity contribution >= 4 is 17.4 Å². The number of fused-ring (bicyclic) bond motifs is 1. The minimum Gasteiger partial charge on any atom is -0.488 e. The second kappa shape index (κ2) is 4.26. The normalized spacial score (nSPS) is 13.5. The Kier molecular flexibility index (Phi) is 2.61. The van der Waals surface area contributed by atoms with Gasteiger partial charge in [0.1, 0.15) is 6.61 Å². The molecule has 2 heterocycles. The summed E-state index contributed by atoms with van der Waals surface area (Å²) in [5.74, 6) is 1.61. The zero-order chi connectivity index (χ0) is 11.7. The zero-order valence-corrected chi connectivity index (χ0v) is 9.87. The molecule has 0 radical (unpaired) electrons. The van der Waals surface area contributed by atoms with E-state index in [0.717, 1.165) is 34.3 Å². The van der Waals surface area contributed by atoms with Crippen LogP contribution in [0, 0.1) is 0 Å². The first-order chi connectivity index (χ1) is 8.33. The number of rotatable bonds is 1. The van der Waals surface area contributed by atoms with Gasteiger partial charge in [-0.15, -0.1) is 0 Å². The third-order valence-corrected chi connectivity index (χ3v) is 2.90. The Morgan fingerprint density at radius 2 is 2.18 bits per heavy atom. The molecule has 0 saturated heterocycles. The van der Waals surface area contributed by atoms with E-state index in [1.807, 2.05) is 36.5 Å². The summed E-state index contributed by atoms with van der Waals surface area (Å²) in [6.07, 6.45) is 1.83. The van der Waals surface area contributed by atoms with Gasteiger partial charge in [-0.1, -0.05) is 23.7 Å². The molecule has 4 heteroatoms. The van der Waals surface area contributed by atoms with Crippen LogP contribution in [0.25, 0.3) is 11.1 Å². The van der Waals surface area contributed by atoms with Gasteiger partial charge in [0, 0.05) is 16.8 Å². The minimum atomic E-state index is 0.674. The molecular weight excluding hydrogens is 236 g/mol.